The van der Waals surface area contributed by atoms with E-state index in [9.17, 15) is 9.90 Å². The number of carbonyl (C=O) groups excluding carboxylic acids is 1. The molecule has 0 aliphatic carbocycles. The molecule has 26 heavy (non-hydrogen) atoms. The molecule has 1 aromatic heterocycles. The van der Waals surface area contributed by atoms with Crippen molar-refractivity contribution in [2.75, 3.05) is 6.54 Å². The van der Waals surface area contributed by atoms with E-state index in [4.69, 9.17) is 4.52 Å². The molecule has 0 saturated carbocycles. The number of phenolic OH excluding ortho intramolecular Hbond substituents is 1. The van der Waals surface area contributed by atoms with Crippen molar-refractivity contribution in [3.8, 4) is 17.1 Å². The first-order valence-electron chi connectivity index (χ1n) is 8.53. The van der Waals surface area contributed by atoms with E-state index in [1.807, 2.05) is 12.1 Å². The van der Waals surface area contributed by atoms with Crippen molar-refractivity contribution in [2.24, 2.45) is 0 Å². The number of hydrogen-bond acceptors (Lipinski definition) is 5. The molecule has 0 spiro atoms. The summed E-state index contributed by atoms with van der Waals surface area (Å²) in [6, 6.07) is 16.7. The summed E-state index contributed by atoms with van der Waals surface area (Å²) < 4.78 is 5.23. The predicted molar refractivity (Wildman–Crippen MR) is 96.7 cm³/mol. The smallest absolute Gasteiger partial charge is 0.273 e. The molecular weight excluding hydrogens is 330 g/mol. The lowest BCUT2D eigenvalue weighted by Crippen LogP contribution is -2.44. The number of carbonyl (C=O) groups is 1. The van der Waals surface area contributed by atoms with Crippen LogP contribution in [-0.4, -0.2) is 28.8 Å². The Bertz CT molecular complexity index is 935. The van der Waals surface area contributed by atoms with Crippen LogP contribution in [-0.2, 0) is 13.0 Å². The fourth-order valence-electron chi connectivity index (χ4n) is 3.15. The predicted octanol–water partition coefficient (Wildman–Crippen LogP) is 2.49. The van der Waals surface area contributed by atoms with Gasteiger partial charge in [-0.05, 0) is 29.7 Å². The monoisotopic (exact) mass is 349 g/mol. The molecule has 6 nitrogen and oxygen atoms in total. The zero-order valence-electron chi connectivity index (χ0n) is 14.1. The Morgan fingerprint density at radius 2 is 2.04 bits per heavy atom. The van der Waals surface area contributed by atoms with Crippen LogP contribution in [0.25, 0.3) is 11.3 Å². The third-order valence-corrected chi connectivity index (χ3v) is 4.55. The fraction of sp³-hybridized carbons (Fsp3) is 0.200. The maximum absolute atomic E-state index is 12.3. The van der Waals surface area contributed by atoms with E-state index < -0.39 is 0 Å². The maximum Gasteiger partial charge on any atom is 0.273 e. The Morgan fingerprint density at radius 1 is 1.19 bits per heavy atom. The third kappa shape index (κ3) is 3.45. The molecule has 1 amide bonds. The van der Waals surface area contributed by atoms with Crippen molar-refractivity contribution in [3.63, 3.8) is 0 Å². The number of phenols is 1. The van der Waals surface area contributed by atoms with Crippen molar-refractivity contribution in [3.05, 3.63) is 71.4 Å². The molecule has 0 fully saturated rings. The van der Waals surface area contributed by atoms with Gasteiger partial charge in [0.25, 0.3) is 5.91 Å². The number of aromatic nitrogens is 1. The van der Waals surface area contributed by atoms with Gasteiger partial charge in [0, 0.05) is 30.8 Å². The van der Waals surface area contributed by atoms with Crippen molar-refractivity contribution < 1.29 is 14.4 Å². The lowest BCUT2D eigenvalue weighted by atomic mass is 9.96. The first-order chi connectivity index (χ1) is 12.7. The van der Waals surface area contributed by atoms with E-state index in [0.29, 0.717) is 17.9 Å². The topological polar surface area (TPSA) is 87.4 Å². The first kappa shape index (κ1) is 16.4. The Balaban J connectivity index is 1.37. The minimum atomic E-state index is -0.277. The van der Waals surface area contributed by atoms with Gasteiger partial charge in [-0.2, -0.15) is 0 Å². The van der Waals surface area contributed by atoms with Crippen LogP contribution in [0.4, 0.5) is 0 Å². The molecule has 4 rings (SSSR count). The summed E-state index contributed by atoms with van der Waals surface area (Å²) in [4.78, 5) is 12.3. The lowest BCUT2D eigenvalue weighted by molar-refractivity contribution is 0.0940. The quantitative estimate of drug-likeness (QED) is 0.674. The summed E-state index contributed by atoms with van der Waals surface area (Å²) in [6.45, 7) is 1.32. The fourth-order valence-corrected chi connectivity index (χ4v) is 3.15. The Labute approximate surface area is 150 Å². The van der Waals surface area contributed by atoms with Crippen LogP contribution in [0.3, 0.4) is 0 Å². The molecule has 3 aromatic rings. The number of nitrogens with zero attached hydrogens (tertiary/aromatic N) is 1. The van der Waals surface area contributed by atoms with Crippen molar-refractivity contribution >= 4 is 5.91 Å². The SMILES string of the molecule is O=C(NCC1Cc2ccccc2CN1)c1cc(-c2cccc(O)c2)on1. The summed E-state index contributed by atoms with van der Waals surface area (Å²) in [5.41, 5.74) is 3.52. The van der Waals surface area contributed by atoms with Crippen LogP contribution in [0.1, 0.15) is 21.6 Å². The van der Waals surface area contributed by atoms with E-state index >= 15 is 0 Å². The summed E-state index contributed by atoms with van der Waals surface area (Å²) in [7, 11) is 0. The molecule has 2 heterocycles. The van der Waals surface area contributed by atoms with Crippen molar-refractivity contribution in [1.29, 1.82) is 0 Å². The lowest BCUT2D eigenvalue weighted by Gasteiger charge is -2.26. The molecule has 3 N–H and O–H groups in total. The molecule has 1 unspecified atom stereocenters. The normalized spacial score (nSPS) is 16.1. The van der Waals surface area contributed by atoms with Gasteiger partial charge >= 0.3 is 0 Å². The highest BCUT2D eigenvalue weighted by molar-refractivity contribution is 5.93. The largest absolute Gasteiger partial charge is 0.508 e. The molecule has 0 saturated heterocycles. The van der Waals surface area contributed by atoms with Crippen LogP contribution in [0.15, 0.2) is 59.1 Å². The van der Waals surface area contributed by atoms with Crippen molar-refractivity contribution in [2.45, 2.75) is 19.0 Å². The molecule has 0 bridgehead atoms. The molecular formula is C20H19N3O3. The van der Waals surface area contributed by atoms with Gasteiger partial charge in [0.15, 0.2) is 11.5 Å². The highest BCUT2D eigenvalue weighted by atomic mass is 16.5. The zero-order valence-corrected chi connectivity index (χ0v) is 14.1. The van der Waals surface area contributed by atoms with E-state index in [1.54, 1.807) is 30.3 Å². The van der Waals surface area contributed by atoms with Crippen LogP contribution in [0, 0.1) is 0 Å². The Kier molecular flexibility index (Phi) is 4.41. The summed E-state index contributed by atoms with van der Waals surface area (Å²) in [5.74, 6) is 0.296. The number of benzene rings is 2. The number of amides is 1. The van der Waals surface area contributed by atoms with Gasteiger partial charge in [-0.3, -0.25) is 4.79 Å². The average Bonchev–Trinajstić information content (AvgIpc) is 3.16. The highest BCUT2D eigenvalue weighted by Gasteiger charge is 2.19. The molecule has 1 aliphatic rings. The molecule has 0 radical (unpaired) electrons. The summed E-state index contributed by atoms with van der Waals surface area (Å²) in [6.07, 6.45) is 0.879. The second-order valence-electron chi connectivity index (χ2n) is 6.39. The van der Waals surface area contributed by atoms with E-state index in [-0.39, 0.29) is 23.4 Å². The van der Waals surface area contributed by atoms with Crippen LogP contribution < -0.4 is 10.6 Å². The molecule has 2 aromatic carbocycles. The van der Waals surface area contributed by atoms with Crippen LogP contribution >= 0.6 is 0 Å². The Morgan fingerprint density at radius 3 is 2.88 bits per heavy atom. The number of fused-ring (bicyclic) bond motifs is 1. The van der Waals surface area contributed by atoms with Crippen LogP contribution in [0.5, 0.6) is 5.75 Å². The molecule has 1 aliphatic heterocycles. The number of nitrogens with one attached hydrogen (secondary N) is 2. The number of rotatable bonds is 4. The second-order valence-corrected chi connectivity index (χ2v) is 6.39. The summed E-state index contributed by atoms with van der Waals surface area (Å²) in [5, 5.41) is 19.7. The van der Waals surface area contributed by atoms with Gasteiger partial charge in [-0.1, -0.05) is 41.6 Å². The Hall–Kier alpha value is -3.12. The van der Waals surface area contributed by atoms with E-state index in [0.717, 1.165) is 13.0 Å². The second kappa shape index (κ2) is 7.01. The average molecular weight is 349 g/mol. The number of hydrogen-bond donors (Lipinski definition) is 3. The van der Waals surface area contributed by atoms with Crippen LogP contribution in [0.2, 0.25) is 0 Å². The minimum Gasteiger partial charge on any atom is -0.508 e. The highest BCUT2D eigenvalue weighted by Crippen LogP contribution is 2.23. The molecule has 1 atom stereocenters. The standard InChI is InChI=1S/C20H19N3O3/c24-17-7-3-6-14(9-17)19-10-18(23-26-19)20(25)22-12-16-8-13-4-1-2-5-15(13)11-21-16/h1-7,9-10,16,21,24H,8,11-12H2,(H,22,25). The van der Waals surface area contributed by atoms with Gasteiger partial charge in [-0.25, -0.2) is 0 Å². The maximum atomic E-state index is 12.3. The van der Waals surface area contributed by atoms with E-state index in [2.05, 4.69) is 27.9 Å². The van der Waals surface area contributed by atoms with Gasteiger partial charge in [0.2, 0.25) is 0 Å². The molecule has 132 valence electrons. The minimum absolute atomic E-state index is 0.133. The van der Waals surface area contributed by atoms with Gasteiger partial charge in [0.1, 0.15) is 5.75 Å². The summed E-state index contributed by atoms with van der Waals surface area (Å²) >= 11 is 0. The third-order valence-electron chi connectivity index (χ3n) is 4.55. The van der Waals surface area contributed by atoms with Gasteiger partial charge < -0.3 is 20.3 Å². The zero-order chi connectivity index (χ0) is 17.9. The van der Waals surface area contributed by atoms with Gasteiger partial charge in [0.05, 0.1) is 0 Å². The number of aromatic hydroxyl groups is 1. The van der Waals surface area contributed by atoms with E-state index in [1.165, 1.54) is 11.1 Å². The molecule has 6 heteroatoms. The van der Waals surface area contributed by atoms with Gasteiger partial charge in [-0.15, -0.1) is 0 Å². The first-order valence-corrected chi connectivity index (χ1v) is 8.53. The van der Waals surface area contributed by atoms with Crippen molar-refractivity contribution in [1.82, 2.24) is 15.8 Å².